The van der Waals surface area contributed by atoms with Gasteiger partial charge in [-0.15, -0.1) is 0 Å². The van der Waals surface area contributed by atoms with Crippen molar-refractivity contribution in [3.63, 3.8) is 0 Å². The van der Waals surface area contributed by atoms with Gasteiger partial charge in [-0.05, 0) is 62.4 Å². The molecule has 1 aromatic carbocycles. The minimum atomic E-state index is -0.139. The van der Waals surface area contributed by atoms with Crippen LogP contribution in [-0.4, -0.2) is 38.0 Å². The number of hydrogen-bond acceptors (Lipinski definition) is 6. The molecule has 0 saturated heterocycles. The topological polar surface area (TPSA) is 102 Å². The minimum absolute atomic E-state index is 0.0235. The molecular weight excluding hydrogens is 392 g/mol. The zero-order chi connectivity index (χ0) is 22.0. The Hall–Kier alpha value is -3.55. The molecule has 0 fully saturated rings. The fourth-order valence-electron chi connectivity index (χ4n) is 3.83. The molecule has 1 aliphatic carbocycles. The largest absolute Gasteiger partial charge is 0.351 e. The molecule has 31 heavy (non-hydrogen) atoms. The van der Waals surface area contributed by atoms with E-state index in [1.165, 1.54) is 0 Å². The number of nitrogens with one attached hydrogen (secondary N) is 2. The molecule has 160 valence electrons. The van der Waals surface area contributed by atoms with Crippen LogP contribution in [0.2, 0.25) is 0 Å². The molecule has 0 atom stereocenters. The van der Waals surface area contributed by atoms with Crippen LogP contribution in [0.5, 0.6) is 0 Å². The Bertz CT molecular complexity index is 1130. The molecule has 8 nitrogen and oxygen atoms in total. The van der Waals surface area contributed by atoms with Gasteiger partial charge in [-0.25, -0.2) is 9.97 Å². The van der Waals surface area contributed by atoms with Gasteiger partial charge in [-0.2, -0.15) is 5.10 Å². The van der Waals surface area contributed by atoms with Crippen LogP contribution < -0.4 is 10.6 Å². The quantitative estimate of drug-likeness (QED) is 0.595. The zero-order valence-corrected chi connectivity index (χ0v) is 18.0. The highest BCUT2D eigenvalue weighted by Gasteiger charge is 2.27. The lowest BCUT2D eigenvalue weighted by Gasteiger charge is -2.10. The molecular formula is C23H26N6O2. The van der Waals surface area contributed by atoms with Gasteiger partial charge in [0.05, 0.1) is 11.4 Å². The summed E-state index contributed by atoms with van der Waals surface area (Å²) in [7, 11) is 1.85. The van der Waals surface area contributed by atoms with Crippen molar-refractivity contribution in [2.24, 2.45) is 7.05 Å². The predicted molar refractivity (Wildman–Crippen MR) is 119 cm³/mol. The lowest BCUT2D eigenvalue weighted by molar-refractivity contribution is 0.0946. The summed E-state index contributed by atoms with van der Waals surface area (Å²) in [5.41, 5.74) is 5.57. The molecule has 1 amide bonds. The summed E-state index contributed by atoms with van der Waals surface area (Å²) >= 11 is 0. The van der Waals surface area contributed by atoms with E-state index in [0.29, 0.717) is 23.8 Å². The number of carbonyl (C=O) groups excluding carboxylic acids is 2. The second-order valence-electron chi connectivity index (χ2n) is 7.73. The summed E-state index contributed by atoms with van der Waals surface area (Å²) in [6.07, 6.45) is 5.23. The summed E-state index contributed by atoms with van der Waals surface area (Å²) in [5.74, 6) is 0.343. The molecule has 2 aromatic heterocycles. The standard InChI is InChI=1S/C23H26N6O2/c1-4-12-24-22(31)20-18-7-5-6-16-13-25-23(27-19(16)21(18)29(3)28-20)26-17-10-8-15(9-11-17)14(2)30/h8-11,13H,4-7,12H2,1-3H3,(H,24,31)(H,25,26,27). The van der Waals surface area contributed by atoms with E-state index in [9.17, 15) is 9.59 Å². The molecule has 0 aliphatic heterocycles. The first-order chi connectivity index (χ1) is 15.0. The van der Waals surface area contributed by atoms with E-state index < -0.39 is 0 Å². The van der Waals surface area contributed by atoms with Gasteiger partial charge >= 0.3 is 0 Å². The van der Waals surface area contributed by atoms with Crippen LogP contribution in [0.3, 0.4) is 0 Å². The number of anilines is 2. The van der Waals surface area contributed by atoms with Crippen molar-refractivity contribution < 1.29 is 9.59 Å². The van der Waals surface area contributed by atoms with Crippen molar-refractivity contribution in [1.29, 1.82) is 0 Å². The van der Waals surface area contributed by atoms with E-state index in [4.69, 9.17) is 4.98 Å². The fourth-order valence-corrected chi connectivity index (χ4v) is 3.83. The molecule has 0 saturated carbocycles. The lowest BCUT2D eigenvalue weighted by atomic mass is 10.1. The molecule has 3 aromatic rings. The Morgan fingerprint density at radius 3 is 2.65 bits per heavy atom. The van der Waals surface area contributed by atoms with Crippen molar-refractivity contribution in [2.75, 3.05) is 11.9 Å². The first kappa shape index (κ1) is 20.7. The summed E-state index contributed by atoms with van der Waals surface area (Å²) in [4.78, 5) is 33.4. The fraction of sp³-hybridized carbons (Fsp3) is 0.348. The Labute approximate surface area is 181 Å². The van der Waals surface area contributed by atoms with Gasteiger partial charge in [0.1, 0.15) is 0 Å². The number of nitrogens with zero attached hydrogens (tertiary/aromatic N) is 4. The number of aryl methyl sites for hydroxylation is 2. The summed E-state index contributed by atoms with van der Waals surface area (Å²) in [5, 5.41) is 10.7. The number of benzene rings is 1. The number of carbonyl (C=O) groups is 2. The Morgan fingerprint density at radius 1 is 1.16 bits per heavy atom. The highest BCUT2D eigenvalue weighted by Crippen LogP contribution is 2.33. The smallest absolute Gasteiger partial charge is 0.272 e. The van der Waals surface area contributed by atoms with Crippen molar-refractivity contribution in [3.05, 3.63) is 52.8 Å². The number of hydrogen-bond donors (Lipinski definition) is 2. The van der Waals surface area contributed by atoms with E-state index in [0.717, 1.165) is 53.9 Å². The summed E-state index contributed by atoms with van der Waals surface area (Å²) < 4.78 is 1.75. The van der Waals surface area contributed by atoms with Crippen LogP contribution in [0.1, 0.15) is 58.7 Å². The van der Waals surface area contributed by atoms with Gasteiger partial charge in [-0.3, -0.25) is 14.3 Å². The molecule has 1 aliphatic rings. The van der Waals surface area contributed by atoms with Crippen LogP contribution in [0.4, 0.5) is 11.6 Å². The van der Waals surface area contributed by atoms with Crippen LogP contribution in [0.15, 0.2) is 30.5 Å². The van der Waals surface area contributed by atoms with Crippen molar-refractivity contribution in [2.45, 2.75) is 39.5 Å². The monoisotopic (exact) mass is 418 g/mol. The van der Waals surface area contributed by atoms with Gasteiger partial charge < -0.3 is 10.6 Å². The molecule has 8 heteroatoms. The molecule has 2 heterocycles. The number of aromatic nitrogens is 4. The van der Waals surface area contributed by atoms with Crippen molar-refractivity contribution >= 4 is 23.3 Å². The molecule has 2 N–H and O–H groups in total. The number of Topliss-reactive ketones (excluding diaryl/α,β-unsaturated/α-hetero) is 1. The first-order valence-electron chi connectivity index (χ1n) is 10.6. The number of rotatable bonds is 6. The predicted octanol–water partition coefficient (Wildman–Crippen LogP) is 3.45. The van der Waals surface area contributed by atoms with E-state index >= 15 is 0 Å². The van der Waals surface area contributed by atoms with Gasteiger partial charge in [0, 0.05) is 36.6 Å². The molecule has 0 bridgehead atoms. The van der Waals surface area contributed by atoms with E-state index in [-0.39, 0.29) is 11.7 Å². The maximum Gasteiger partial charge on any atom is 0.272 e. The third-order valence-electron chi connectivity index (χ3n) is 5.41. The third kappa shape index (κ3) is 4.19. The Balaban J connectivity index is 1.69. The van der Waals surface area contributed by atoms with Crippen LogP contribution in [-0.2, 0) is 19.9 Å². The van der Waals surface area contributed by atoms with E-state index in [2.05, 4.69) is 20.7 Å². The van der Waals surface area contributed by atoms with Gasteiger partial charge in [0.15, 0.2) is 11.5 Å². The summed E-state index contributed by atoms with van der Waals surface area (Å²) in [6, 6.07) is 7.21. The zero-order valence-electron chi connectivity index (χ0n) is 18.0. The molecule has 0 spiro atoms. The van der Waals surface area contributed by atoms with Crippen LogP contribution in [0, 0.1) is 0 Å². The van der Waals surface area contributed by atoms with Crippen molar-refractivity contribution in [1.82, 2.24) is 25.1 Å². The van der Waals surface area contributed by atoms with Gasteiger partial charge in [0.25, 0.3) is 5.91 Å². The maximum absolute atomic E-state index is 12.6. The maximum atomic E-state index is 12.6. The molecule has 4 rings (SSSR count). The summed E-state index contributed by atoms with van der Waals surface area (Å²) in [6.45, 7) is 4.19. The Morgan fingerprint density at radius 2 is 1.94 bits per heavy atom. The normalized spacial score (nSPS) is 12.5. The average Bonchev–Trinajstić information content (AvgIpc) is 2.97. The third-order valence-corrected chi connectivity index (χ3v) is 5.41. The SMILES string of the molecule is CCCNC(=O)c1nn(C)c2c1CCCc1cnc(Nc3ccc(C(C)=O)cc3)nc1-2. The molecule has 0 unspecified atom stereocenters. The van der Waals surface area contributed by atoms with E-state index in [1.54, 1.807) is 23.7 Å². The van der Waals surface area contributed by atoms with Crippen LogP contribution in [0.25, 0.3) is 11.4 Å². The Kier molecular flexibility index (Phi) is 5.79. The van der Waals surface area contributed by atoms with Gasteiger partial charge in [0.2, 0.25) is 5.95 Å². The number of fused-ring (bicyclic) bond motifs is 3. The second-order valence-corrected chi connectivity index (χ2v) is 7.73. The highest BCUT2D eigenvalue weighted by atomic mass is 16.2. The minimum Gasteiger partial charge on any atom is -0.351 e. The van der Waals surface area contributed by atoms with Crippen molar-refractivity contribution in [3.8, 4) is 11.4 Å². The highest BCUT2D eigenvalue weighted by molar-refractivity contribution is 5.96. The average molecular weight is 419 g/mol. The van der Waals surface area contributed by atoms with E-state index in [1.807, 2.05) is 32.3 Å². The number of amides is 1. The molecule has 0 radical (unpaired) electrons. The first-order valence-corrected chi connectivity index (χ1v) is 10.6. The second kappa shape index (κ2) is 8.67. The lowest BCUT2D eigenvalue weighted by Crippen LogP contribution is -2.25. The van der Waals surface area contributed by atoms with Gasteiger partial charge in [-0.1, -0.05) is 6.92 Å². The van der Waals surface area contributed by atoms with Crippen LogP contribution >= 0.6 is 0 Å². The number of ketones is 1.